The number of benzene rings is 1. The van der Waals surface area contributed by atoms with Crippen LogP contribution in [0.2, 0.25) is 0 Å². The van der Waals surface area contributed by atoms with Crippen molar-refractivity contribution in [1.29, 1.82) is 0 Å². The number of hydrogen-bond donors (Lipinski definition) is 0. The van der Waals surface area contributed by atoms with Crippen molar-refractivity contribution < 1.29 is 4.79 Å². The van der Waals surface area contributed by atoms with Crippen molar-refractivity contribution in [2.45, 2.75) is 31.6 Å². The molecule has 76 valence electrons. The van der Waals surface area contributed by atoms with Gasteiger partial charge in [0.05, 0.1) is 0 Å². The number of carbonyl (C=O) groups is 1. The lowest BCUT2D eigenvalue weighted by Gasteiger charge is -2.04. The monoisotopic (exact) mass is 210 g/mol. The van der Waals surface area contributed by atoms with Crippen LogP contribution in [0.3, 0.4) is 0 Å². The van der Waals surface area contributed by atoms with Gasteiger partial charge >= 0.3 is 0 Å². The van der Waals surface area contributed by atoms with Crippen molar-refractivity contribution in [2.75, 3.05) is 0 Å². The van der Waals surface area contributed by atoms with E-state index in [4.69, 9.17) is 11.6 Å². The summed E-state index contributed by atoms with van der Waals surface area (Å²) in [7, 11) is 0. The van der Waals surface area contributed by atoms with Crippen LogP contribution in [-0.4, -0.2) is 11.2 Å². The van der Waals surface area contributed by atoms with E-state index in [2.05, 4.69) is 0 Å². The fourth-order valence-electron chi connectivity index (χ4n) is 1.26. The number of carbonyl (C=O) groups excluding carboxylic acids is 1. The molecule has 0 spiro atoms. The molecule has 1 rings (SSSR count). The molecule has 1 aromatic carbocycles. The molecule has 1 atom stereocenters. The summed E-state index contributed by atoms with van der Waals surface area (Å²) >= 11 is 5.94. The molecule has 2 heteroatoms. The quantitative estimate of drug-likeness (QED) is 0.536. The molecule has 0 saturated carbocycles. The number of alkyl halides is 1. The molecule has 0 aliphatic heterocycles. The molecule has 0 radical (unpaired) electrons. The van der Waals surface area contributed by atoms with Gasteiger partial charge in [-0.05, 0) is 12.8 Å². The second-order valence-electron chi connectivity index (χ2n) is 3.33. The maximum atomic E-state index is 11.6. The Bertz CT molecular complexity index is 282. The van der Waals surface area contributed by atoms with Crippen molar-refractivity contribution in [2.24, 2.45) is 0 Å². The lowest BCUT2D eigenvalue weighted by Crippen LogP contribution is -2.03. The minimum atomic E-state index is 0.127. The zero-order valence-corrected chi connectivity index (χ0v) is 9.13. The number of rotatable bonds is 5. The average molecular weight is 211 g/mol. The molecule has 1 unspecified atom stereocenters. The van der Waals surface area contributed by atoms with E-state index in [0.29, 0.717) is 6.42 Å². The summed E-state index contributed by atoms with van der Waals surface area (Å²) in [5.41, 5.74) is 0.785. The molecule has 0 fully saturated rings. The van der Waals surface area contributed by atoms with Crippen LogP contribution in [0.1, 0.15) is 36.5 Å². The largest absolute Gasteiger partial charge is 0.294 e. The van der Waals surface area contributed by atoms with E-state index in [1.807, 2.05) is 37.3 Å². The van der Waals surface area contributed by atoms with Crippen LogP contribution in [0.25, 0.3) is 0 Å². The Morgan fingerprint density at radius 2 is 2.00 bits per heavy atom. The molecule has 0 heterocycles. The lowest BCUT2D eigenvalue weighted by molar-refractivity contribution is 0.0979. The molecule has 0 amide bonds. The Morgan fingerprint density at radius 3 is 2.57 bits per heavy atom. The first-order chi connectivity index (χ1) is 6.74. The highest BCUT2D eigenvalue weighted by atomic mass is 35.5. The SMILES string of the molecule is CCC(Cl)CCC(=O)c1ccccc1. The Kier molecular flexibility index (Phi) is 4.68. The first kappa shape index (κ1) is 11.3. The predicted octanol–water partition coefficient (Wildman–Crippen LogP) is 3.67. The third-order valence-corrected chi connectivity index (χ3v) is 2.75. The molecule has 0 bridgehead atoms. The van der Waals surface area contributed by atoms with Crippen molar-refractivity contribution in [3.63, 3.8) is 0 Å². The Hall–Kier alpha value is -0.820. The Labute approximate surface area is 90.1 Å². The van der Waals surface area contributed by atoms with E-state index < -0.39 is 0 Å². The lowest BCUT2D eigenvalue weighted by atomic mass is 10.1. The summed E-state index contributed by atoms with van der Waals surface area (Å²) in [6.45, 7) is 2.03. The molecule has 0 N–H and O–H groups in total. The highest BCUT2D eigenvalue weighted by molar-refractivity contribution is 6.20. The second kappa shape index (κ2) is 5.82. The van der Waals surface area contributed by atoms with Gasteiger partial charge < -0.3 is 0 Å². The predicted molar refractivity (Wildman–Crippen MR) is 59.9 cm³/mol. The Balaban J connectivity index is 2.44. The van der Waals surface area contributed by atoms with Crippen LogP contribution in [0.15, 0.2) is 30.3 Å². The van der Waals surface area contributed by atoms with E-state index in [0.717, 1.165) is 18.4 Å². The van der Waals surface area contributed by atoms with Crippen molar-refractivity contribution in [1.82, 2.24) is 0 Å². The van der Waals surface area contributed by atoms with Gasteiger partial charge in [-0.3, -0.25) is 4.79 Å². The summed E-state index contributed by atoms with van der Waals surface area (Å²) in [6.07, 6.45) is 2.24. The zero-order chi connectivity index (χ0) is 10.4. The first-order valence-corrected chi connectivity index (χ1v) is 5.40. The number of ketones is 1. The summed E-state index contributed by atoms with van der Waals surface area (Å²) in [5.74, 6) is 0.185. The van der Waals surface area contributed by atoms with Crippen LogP contribution in [0, 0.1) is 0 Å². The summed E-state index contributed by atoms with van der Waals surface area (Å²) in [5, 5.41) is 0.127. The summed E-state index contributed by atoms with van der Waals surface area (Å²) < 4.78 is 0. The van der Waals surface area contributed by atoms with Gasteiger partial charge in [0.15, 0.2) is 5.78 Å². The maximum absolute atomic E-state index is 11.6. The molecule has 0 aliphatic carbocycles. The molecule has 0 aromatic heterocycles. The van der Waals surface area contributed by atoms with E-state index in [9.17, 15) is 4.79 Å². The molecule has 1 nitrogen and oxygen atoms in total. The molecule has 1 aromatic rings. The van der Waals surface area contributed by atoms with E-state index in [1.54, 1.807) is 0 Å². The minimum absolute atomic E-state index is 0.127. The van der Waals surface area contributed by atoms with Crippen LogP contribution in [0.4, 0.5) is 0 Å². The van der Waals surface area contributed by atoms with Gasteiger partial charge in [0.1, 0.15) is 0 Å². The number of Topliss-reactive ketones (excluding diaryl/α,β-unsaturated/α-hetero) is 1. The van der Waals surface area contributed by atoms with Crippen LogP contribution >= 0.6 is 11.6 Å². The van der Waals surface area contributed by atoms with Crippen molar-refractivity contribution in [3.05, 3.63) is 35.9 Å². The highest BCUT2D eigenvalue weighted by Gasteiger charge is 2.08. The van der Waals surface area contributed by atoms with Gasteiger partial charge in [0.2, 0.25) is 0 Å². The van der Waals surface area contributed by atoms with E-state index in [-0.39, 0.29) is 11.2 Å². The van der Waals surface area contributed by atoms with E-state index in [1.165, 1.54) is 0 Å². The summed E-state index contributed by atoms with van der Waals surface area (Å²) in [6, 6.07) is 9.36. The fraction of sp³-hybridized carbons (Fsp3) is 0.417. The molecular formula is C12H15ClO. The van der Waals surface area contributed by atoms with Gasteiger partial charge in [-0.25, -0.2) is 0 Å². The molecular weight excluding hydrogens is 196 g/mol. The van der Waals surface area contributed by atoms with Gasteiger partial charge in [-0.15, -0.1) is 11.6 Å². The average Bonchev–Trinajstić information content (AvgIpc) is 2.26. The van der Waals surface area contributed by atoms with Gasteiger partial charge in [0.25, 0.3) is 0 Å². The van der Waals surface area contributed by atoms with Crippen LogP contribution in [0.5, 0.6) is 0 Å². The fourth-order valence-corrected chi connectivity index (χ4v) is 1.37. The normalized spacial score (nSPS) is 12.4. The second-order valence-corrected chi connectivity index (χ2v) is 3.95. The maximum Gasteiger partial charge on any atom is 0.162 e. The Morgan fingerprint density at radius 1 is 1.36 bits per heavy atom. The van der Waals surface area contributed by atoms with Gasteiger partial charge in [0, 0.05) is 17.4 Å². The highest BCUT2D eigenvalue weighted by Crippen LogP contribution is 2.12. The van der Waals surface area contributed by atoms with Crippen LogP contribution < -0.4 is 0 Å². The number of halogens is 1. The third-order valence-electron chi connectivity index (χ3n) is 2.22. The first-order valence-electron chi connectivity index (χ1n) is 4.96. The molecule has 0 saturated heterocycles. The topological polar surface area (TPSA) is 17.1 Å². The van der Waals surface area contributed by atoms with Crippen molar-refractivity contribution in [3.8, 4) is 0 Å². The summed E-state index contributed by atoms with van der Waals surface area (Å²) in [4.78, 5) is 11.6. The van der Waals surface area contributed by atoms with Crippen molar-refractivity contribution >= 4 is 17.4 Å². The van der Waals surface area contributed by atoms with Gasteiger partial charge in [-0.1, -0.05) is 37.3 Å². The molecule has 14 heavy (non-hydrogen) atoms. The third kappa shape index (κ3) is 3.51. The smallest absolute Gasteiger partial charge is 0.162 e. The number of hydrogen-bond acceptors (Lipinski definition) is 1. The molecule has 0 aliphatic rings. The zero-order valence-electron chi connectivity index (χ0n) is 8.37. The van der Waals surface area contributed by atoms with E-state index >= 15 is 0 Å². The standard InChI is InChI=1S/C12H15ClO/c1-2-11(13)8-9-12(14)10-6-4-3-5-7-10/h3-7,11H,2,8-9H2,1H3. The minimum Gasteiger partial charge on any atom is -0.294 e. The van der Waals surface area contributed by atoms with Gasteiger partial charge in [-0.2, -0.15) is 0 Å². The van der Waals surface area contributed by atoms with Crippen LogP contribution in [-0.2, 0) is 0 Å².